The van der Waals surface area contributed by atoms with Crippen LogP contribution in [0.2, 0.25) is 0 Å². The van der Waals surface area contributed by atoms with Crippen molar-refractivity contribution in [2.24, 2.45) is 11.8 Å². The Hall–Kier alpha value is -1.51. The first-order chi connectivity index (χ1) is 12.8. The SMILES string of the molecule is CC(C)(C)OC(=O)N1CCOCC1(C(=O)C1CCNC1)C(=O)C1CCNC1. The summed E-state index contributed by atoms with van der Waals surface area (Å²) in [5.74, 6) is -1.02. The normalized spacial score (nSPS) is 31.7. The molecule has 0 saturated carbocycles. The predicted octanol–water partition coefficient (Wildman–Crippen LogP) is 0.350. The number of hydrogen-bond donors (Lipinski definition) is 2. The Morgan fingerprint density at radius 2 is 1.59 bits per heavy atom. The Balaban J connectivity index is 1.98. The smallest absolute Gasteiger partial charge is 0.411 e. The van der Waals surface area contributed by atoms with Crippen molar-refractivity contribution < 1.29 is 23.9 Å². The molecule has 2 atom stereocenters. The molecule has 8 heteroatoms. The molecule has 27 heavy (non-hydrogen) atoms. The lowest BCUT2D eigenvalue weighted by atomic mass is 9.75. The predicted molar refractivity (Wildman–Crippen MR) is 98.5 cm³/mol. The lowest BCUT2D eigenvalue weighted by molar-refractivity contribution is -0.159. The van der Waals surface area contributed by atoms with Gasteiger partial charge in [0.25, 0.3) is 0 Å². The van der Waals surface area contributed by atoms with Gasteiger partial charge in [-0.15, -0.1) is 0 Å². The number of amides is 1. The number of ketones is 2. The summed E-state index contributed by atoms with van der Waals surface area (Å²) < 4.78 is 11.2. The van der Waals surface area contributed by atoms with Crippen molar-refractivity contribution in [1.29, 1.82) is 0 Å². The number of carbonyl (C=O) groups excluding carboxylic acids is 3. The van der Waals surface area contributed by atoms with Gasteiger partial charge in [-0.25, -0.2) is 4.79 Å². The van der Waals surface area contributed by atoms with Crippen LogP contribution in [-0.4, -0.2) is 79.6 Å². The van der Waals surface area contributed by atoms with Crippen LogP contribution in [0.4, 0.5) is 4.79 Å². The molecule has 2 N–H and O–H groups in total. The molecular formula is C19H31N3O5. The average molecular weight is 381 g/mol. The molecule has 0 aromatic heterocycles. The summed E-state index contributed by atoms with van der Waals surface area (Å²) in [6, 6.07) is 0. The summed E-state index contributed by atoms with van der Waals surface area (Å²) in [6.45, 7) is 8.22. The van der Waals surface area contributed by atoms with E-state index in [1.807, 2.05) is 0 Å². The topological polar surface area (TPSA) is 97.0 Å². The molecule has 0 bridgehead atoms. The maximum atomic E-state index is 13.6. The first-order valence-electron chi connectivity index (χ1n) is 9.84. The largest absolute Gasteiger partial charge is 0.444 e. The van der Waals surface area contributed by atoms with E-state index < -0.39 is 17.2 Å². The van der Waals surface area contributed by atoms with E-state index in [2.05, 4.69) is 10.6 Å². The first kappa shape index (κ1) is 20.2. The minimum Gasteiger partial charge on any atom is -0.444 e. The van der Waals surface area contributed by atoms with Crippen molar-refractivity contribution in [3.8, 4) is 0 Å². The molecule has 3 fully saturated rings. The molecule has 2 unspecified atom stereocenters. The molecule has 3 aliphatic heterocycles. The zero-order valence-corrected chi connectivity index (χ0v) is 16.5. The van der Waals surface area contributed by atoms with Gasteiger partial charge in [0.15, 0.2) is 17.1 Å². The molecule has 8 nitrogen and oxygen atoms in total. The van der Waals surface area contributed by atoms with Gasteiger partial charge < -0.3 is 20.1 Å². The van der Waals surface area contributed by atoms with Crippen LogP contribution < -0.4 is 10.6 Å². The highest BCUT2D eigenvalue weighted by Gasteiger charge is 2.58. The third kappa shape index (κ3) is 4.02. The van der Waals surface area contributed by atoms with Gasteiger partial charge in [-0.3, -0.25) is 14.5 Å². The van der Waals surface area contributed by atoms with E-state index in [4.69, 9.17) is 9.47 Å². The van der Waals surface area contributed by atoms with Gasteiger partial charge in [0.05, 0.1) is 13.2 Å². The van der Waals surface area contributed by atoms with Crippen molar-refractivity contribution in [1.82, 2.24) is 15.5 Å². The molecule has 0 aliphatic carbocycles. The number of nitrogens with one attached hydrogen (secondary N) is 2. The standard InChI is InChI=1S/C19H31N3O5/c1-18(2,3)27-17(25)22-8-9-26-12-19(22,15(23)13-4-6-20-10-13)16(24)14-5-7-21-11-14/h13-14,20-21H,4-12H2,1-3H3. The monoisotopic (exact) mass is 381 g/mol. The molecule has 152 valence electrons. The molecule has 0 spiro atoms. The fourth-order valence-electron chi connectivity index (χ4n) is 4.17. The van der Waals surface area contributed by atoms with E-state index in [1.54, 1.807) is 20.8 Å². The van der Waals surface area contributed by atoms with Crippen LogP contribution in [0.15, 0.2) is 0 Å². The summed E-state index contributed by atoms with van der Waals surface area (Å²) in [6.07, 6.45) is 0.710. The molecular weight excluding hydrogens is 350 g/mol. The number of morpholine rings is 1. The van der Waals surface area contributed by atoms with Crippen molar-refractivity contribution in [3.05, 3.63) is 0 Å². The highest BCUT2D eigenvalue weighted by molar-refractivity contribution is 6.15. The van der Waals surface area contributed by atoms with Gasteiger partial charge in [0, 0.05) is 31.5 Å². The zero-order chi connectivity index (χ0) is 19.7. The van der Waals surface area contributed by atoms with Gasteiger partial charge in [0.1, 0.15) is 5.60 Å². The van der Waals surface area contributed by atoms with Crippen molar-refractivity contribution in [2.75, 3.05) is 45.9 Å². The van der Waals surface area contributed by atoms with Crippen molar-refractivity contribution in [3.63, 3.8) is 0 Å². The molecule has 0 aromatic rings. The Labute approximate surface area is 160 Å². The van der Waals surface area contributed by atoms with E-state index in [9.17, 15) is 14.4 Å². The minimum absolute atomic E-state index is 0.0864. The first-order valence-corrected chi connectivity index (χ1v) is 9.84. The summed E-state index contributed by atoms with van der Waals surface area (Å²) >= 11 is 0. The second-order valence-electron chi connectivity index (χ2n) is 8.65. The third-order valence-electron chi connectivity index (χ3n) is 5.52. The lowest BCUT2D eigenvalue weighted by Crippen LogP contribution is -2.70. The van der Waals surface area contributed by atoms with E-state index in [0.717, 1.165) is 13.1 Å². The van der Waals surface area contributed by atoms with E-state index in [-0.39, 0.29) is 43.2 Å². The highest BCUT2D eigenvalue weighted by atomic mass is 16.6. The molecule has 1 amide bonds. The number of ether oxygens (including phenoxy) is 2. The number of nitrogens with zero attached hydrogens (tertiary/aromatic N) is 1. The molecule has 3 aliphatic rings. The van der Waals surface area contributed by atoms with E-state index in [1.165, 1.54) is 4.90 Å². The van der Waals surface area contributed by atoms with Crippen LogP contribution in [0.3, 0.4) is 0 Å². The maximum absolute atomic E-state index is 13.6. The second-order valence-corrected chi connectivity index (χ2v) is 8.65. The summed E-state index contributed by atoms with van der Waals surface area (Å²) in [7, 11) is 0. The Morgan fingerprint density at radius 3 is 2.04 bits per heavy atom. The summed E-state index contributed by atoms with van der Waals surface area (Å²) in [4.78, 5) is 41.5. The van der Waals surface area contributed by atoms with Crippen LogP contribution in [-0.2, 0) is 19.1 Å². The van der Waals surface area contributed by atoms with Gasteiger partial charge >= 0.3 is 6.09 Å². The Kier molecular flexibility index (Phi) is 5.88. The van der Waals surface area contributed by atoms with Crippen LogP contribution in [0.1, 0.15) is 33.6 Å². The number of hydrogen-bond acceptors (Lipinski definition) is 7. The van der Waals surface area contributed by atoms with Crippen LogP contribution in [0, 0.1) is 11.8 Å². The van der Waals surface area contributed by atoms with Gasteiger partial charge in [-0.2, -0.15) is 0 Å². The zero-order valence-electron chi connectivity index (χ0n) is 16.5. The minimum atomic E-state index is -1.59. The summed E-state index contributed by atoms with van der Waals surface area (Å²) in [5.41, 5.74) is -2.30. The summed E-state index contributed by atoms with van der Waals surface area (Å²) in [5, 5.41) is 6.36. The number of rotatable bonds is 4. The van der Waals surface area contributed by atoms with Gasteiger partial charge in [-0.05, 0) is 46.7 Å². The molecule has 3 rings (SSSR count). The van der Waals surface area contributed by atoms with Crippen LogP contribution in [0.5, 0.6) is 0 Å². The number of carbonyl (C=O) groups is 3. The van der Waals surface area contributed by atoms with Crippen LogP contribution in [0.25, 0.3) is 0 Å². The fourth-order valence-corrected chi connectivity index (χ4v) is 4.17. The van der Waals surface area contributed by atoms with Gasteiger partial charge in [0.2, 0.25) is 0 Å². The average Bonchev–Trinajstić information content (AvgIpc) is 3.32. The third-order valence-corrected chi connectivity index (χ3v) is 5.52. The van der Waals surface area contributed by atoms with Gasteiger partial charge in [-0.1, -0.05) is 0 Å². The van der Waals surface area contributed by atoms with Crippen LogP contribution >= 0.6 is 0 Å². The lowest BCUT2D eigenvalue weighted by Gasteiger charge is -2.46. The van der Waals surface area contributed by atoms with E-state index in [0.29, 0.717) is 25.9 Å². The molecule has 3 heterocycles. The van der Waals surface area contributed by atoms with Crippen molar-refractivity contribution in [2.45, 2.75) is 44.8 Å². The molecule has 3 saturated heterocycles. The quantitative estimate of drug-likeness (QED) is 0.678. The fraction of sp³-hybridized carbons (Fsp3) is 0.842. The number of Topliss-reactive ketones (excluding diaryl/α,β-unsaturated/α-hetero) is 2. The molecule has 0 aromatic carbocycles. The maximum Gasteiger partial charge on any atom is 0.411 e. The highest BCUT2D eigenvalue weighted by Crippen LogP contribution is 2.33. The molecule has 0 radical (unpaired) electrons. The Bertz CT molecular complexity index is 561. The van der Waals surface area contributed by atoms with Crippen molar-refractivity contribution >= 4 is 17.7 Å². The second kappa shape index (κ2) is 7.85. The Morgan fingerprint density at radius 1 is 1.04 bits per heavy atom. The van der Waals surface area contributed by atoms with E-state index >= 15 is 0 Å².